The van der Waals surface area contributed by atoms with Gasteiger partial charge in [0.1, 0.15) is 0 Å². The molecule has 1 aromatic heterocycles. The summed E-state index contributed by atoms with van der Waals surface area (Å²) in [7, 11) is 1.95. The van der Waals surface area contributed by atoms with Crippen LogP contribution in [-0.2, 0) is 23.1 Å². The molecule has 1 aliphatic heterocycles. The van der Waals surface area contributed by atoms with Crippen LogP contribution in [0, 0.1) is 0 Å². The third kappa shape index (κ3) is 3.62. The van der Waals surface area contributed by atoms with Crippen molar-refractivity contribution in [2.45, 2.75) is 26.2 Å². The molecule has 20 heavy (non-hydrogen) atoms. The topological polar surface area (TPSA) is 45.6 Å². The number of aromatic nitrogens is 1. The van der Waals surface area contributed by atoms with Gasteiger partial charge in [0.2, 0.25) is 11.8 Å². The lowest BCUT2D eigenvalue weighted by atomic mass is 10.2. The summed E-state index contributed by atoms with van der Waals surface area (Å²) in [6.07, 6.45) is 5.78. The van der Waals surface area contributed by atoms with E-state index >= 15 is 0 Å². The van der Waals surface area contributed by atoms with Crippen LogP contribution in [0.1, 0.15) is 25.3 Å². The summed E-state index contributed by atoms with van der Waals surface area (Å²) in [5.41, 5.74) is 1.04. The zero-order valence-electron chi connectivity index (χ0n) is 12.3. The molecule has 1 aliphatic rings. The molecule has 0 N–H and O–H groups in total. The first-order chi connectivity index (χ1) is 9.60. The minimum atomic E-state index is 0.155. The molecule has 0 spiro atoms. The van der Waals surface area contributed by atoms with E-state index in [0.717, 1.165) is 25.1 Å². The predicted octanol–water partition coefficient (Wildman–Crippen LogP) is 1.04. The predicted molar refractivity (Wildman–Crippen MR) is 77.2 cm³/mol. The SMILES string of the molecule is CCC(=O)N1CCCN(C(=O)Cc2ccn(C)c2)CC1. The number of amides is 2. The smallest absolute Gasteiger partial charge is 0.227 e. The van der Waals surface area contributed by atoms with Gasteiger partial charge in [-0.3, -0.25) is 9.59 Å². The van der Waals surface area contributed by atoms with Gasteiger partial charge in [-0.25, -0.2) is 0 Å². The molecule has 0 saturated carbocycles. The van der Waals surface area contributed by atoms with Gasteiger partial charge in [0, 0.05) is 52.0 Å². The van der Waals surface area contributed by atoms with Gasteiger partial charge < -0.3 is 14.4 Å². The highest BCUT2D eigenvalue weighted by atomic mass is 16.2. The molecule has 1 aromatic rings. The molecule has 0 bridgehead atoms. The molecule has 0 aliphatic carbocycles. The van der Waals surface area contributed by atoms with Crippen molar-refractivity contribution in [3.8, 4) is 0 Å². The molecular weight excluding hydrogens is 254 g/mol. The van der Waals surface area contributed by atoms with Crippen LogP contribution in [-0.4, -0.2) is 52.4 Å². The summed E-state index contributed by atoms with van der Waals surface area (Å²) in [5, 5.41) is 0. The van der Waals surface area contributed by atoms with Gasteiger partial charge in [0.15, 0.2) is 0 Å². The molecule has 2 rings (SSSR count). The van der Waals surface area contributed by atoms with Crippen molar-refractivity contribution in [2.24, 2.45) is 7.05 Å². The lowest BCUT2D eigenvalue weighted by Gasteiger charge is -2.21. The van der Waals surface area contributed by atoms with Crippen LogP contribution in [0.15, 0.2) is 18.5 Å². The van der Waals surface area contributed by atoms with E-state index in [-0.39, 0.29) is 11.8 Å². The van der Waals surface area contributed by atoms with Crippen molar-refractivity contribution in [3.05, 3.63) is 24.0 Å². The van der Waals surface area contributed by atoms with Crippen molar-refractivity contribution in [2.75, 3.05) is 26.2 Å². The lowest BCUT2D eigenvalue weighted by molar-refractivity contribution is -0.133. The number of hydrogen-bond donors (Lipinski definition) is 0. The van der Waals surface area contributed by atoms with Gasteiger partial charge in [-0.15, -0.1) is 0 Å². The molecular formula is C15H23N3O2. The Morgan fingerprint density at radius 3 is 2.30 bits per heavy atom. The lowest BCUT2D eigenvalue weighted by Crippen LogP contribution is -2.37. The largest absolute Gasteiger partial charge is 0.357 e. The van der Waals surface area contributed by atoms with E-state index in [1.54, 1.807) is 0 Å². The molecule has 0 atom stereocenters. The Morgan fingerprint density at radius 1 is 1.10 bits per heavy atom. The van der Waals surface area contributed by atoms with Gasteiger partial charge in [-0.2, -0.15) is 0 Å². The first-order valence-electron chi connectivity index (χ1n) is 7.26. The number of nitrogens with zero attached hydrogens (tertiary/aromatic N) is 3. The monoisotopic (exact) mass is 277 g/mol. The molecule has 1 saturated heterocycles. The Bertz CT molecular complexity index is 481. The zero-order valence-corrected chi connectivity index (χ0v) is 12.3. The van der Waals surface area contributed by atoms with Gasteiger partial charge >= 0.3 is 0 Å². The van der Waals surface area contributed by atoms with Crippen molar-refractivity contribution in [3.63, 3.8) is 0 Å². The summed E-state index contributed by atoms with van der Waals surface area (Å²) in [6.45, 7) is 4.71. The molecule has 2 amide bonds. The normalized spacial score (nSPS) is 16.1. The molecule has 110 valence electrons. The number of carbonyl (C=O) groups is 2. The summed E-state index contributed by atoms with van der Waals surface area (Å²) in [6, 6.07) is 1.97. The summed E-state index contributed by atoms with van der Waals surface area (Å²) < 4.78 is 1.95. The van der Waals surface area contributed by atoms with Gasteiger partial charge in [-0.05, 0) is 18.1 Å². The van der Waals surface area contributed by atoms with Crippen LogP contribution in [0.5, 0.6) is 0 Å². The Kier molecular flexibility index (Phi) is 4.82. The highest BCUT2D eigenvalue weighted by Gasteiger charge is 2.21. The van der Waals surface area contributed by atoms with Crippen LogP contribution >= 0.6 is 0 Å². The van der Waals surface area contributed by atoms with E-state index in [1.165, 1.54) is 0 Å². The van der Waals surface area contributed by atoms with Gasteiger partial charge in [0.05, 0.1) is 6.42 Å². The molecule has 0 aromatic carbocycles. The van der Waals surface area contributed by atoms with Gasteiger partial charge in [-0.1, -0.05) is 6.92 Å². The van der Waals surface area contributed by atoms with Crippen molar-refractivity contribution >= 4 is 11.8 Å². The summed E-state index contributed by atoms with van der Waals surface area (Å²) in [5.74, 6) is 0.337. The van der Waals surface area contributed by atoms with Crippen molar-refractivity contribution in [1.29, 1.82) is 0 Å². The third-order valence-electron chi connectivity index (χ3n) is 3.75. The Balaban J connectivity index is 1.89. The second-order valence-corrected chi connectivity index (χ2v) is 5.33. The fourth-order valence-electron chi connectivity index (χ4n) is 2.59. The first-order valence-corrected chi connectivity index (χ1v) is 7.26. The number of aryl methyl sites for hydroxylation is 1. The van der Waals surface area contributed by atoms with Crippen LogP contribution in [0.3, 0.4) is 0 Å². The Hall–Kier alpha value is -1.78. The number of carbonyl (C=O) groups excluding carboxylic acids is 2. The van der Waals surface area contributed by atoms with Crippen LogP contribution in [0.4, 0.5) is 0 Å². The van der Waals surface area contributed by atoms with Crippen LogP contribution in [0.25, 0.3) is 0 Å². The molecule has 2 heterocycles. The quantitative estimate of drug-likeness (QED) is 0.828. The standard InChI is InChI=1S/C15H23N3O2/c1-3-14(19)17-6-4-7-18(10-9-17)15(20)11-13-5-8-16(2)12-13/h5,8,12H,3-4,6-7,9-11H2,1-2H3. The second-order valence-electron chi connectivity index (χ2n) is 5.33. The Morgan fingerprint density at radius 2 is 1.75 bits per heavy atom. The Labute approximate surface area is 120 Å². The molecule has 5 nitrogen and oxygen atoms in total. The number of hydrogen-bond acceptors (Lipinski definition) is 2. The second kappa shape index (κ2) is 6.59. The average Bonchev–Trinajstić information content (AvgIpc) is 2.70. The van der Waals surface area contributed by atoms with Crippen molar-refractivity contribution in [1.82, 2.24) is 14.4 Å². The van der Waals surface area contributed by atoms with E-state index in [0.29, 0.717) is 25.9 Å². The highest BCUT2D eigenvalue weighted by Crippen LogP contribution is 2.08. The van der Waals surface area contributed by atoms with E-state index in [1.807, 2.05) is 46.8 Å². The average molecular weight is 277 g/mol. The third-order valence-corrected chi connectivity index (χ3v) is 3.75. The minimum absolute atomic E-state index is 0.155. The van der Waals surface area contributed by atoms with E-state index < -0.39 is 0 Å². The molecule has 1 fully saturated rings. The summed E-state index contributed by atoms with van der Waals surface area (Å²) in [4.78, 5) is 27.8. The maximum Gasteiger partial charge on any atom is 0.227 e. The van der Waals surface area contributed by atoms with Gasteiger partial charge in [0.25, 0.3) is 0 Å². The minimum Gasteiger partial charge on any atom is -0.357 e. The molecule has 0 radical (unpaired) electrons. The highest BCUT2D eigenvalue weighted by molar-refractivity contribution is 5.79. The fourth-order valence-corrected chi connectivity index (χ4v) is 2.59. The molecule has 0 unspecified atom stereocenters. The zero-order chi connectivity index (χ0) is 14.5. The summed E-state index contributed by atoms with van der Waals surface area (Å²) >= 11 is 0. The molecule has 5 heteroatoms. The van der Waals surface area contributed by atoms with Crippen LogP contribution in [0.2, 0.25) is 0 Å². The first kappa shape index (κ1) is 14.6. The van der Waals surface area contributed by atoms with Crippen LogP contribution < -0.4 is 0 Å². The maximum atomic E-state index is 12.3. The van der Waals surface area contributed by atoms with E-state index in [2.05, 4.69) is 0 Å². The number of rotatable bonds is 3. The fraction of sp³-hybridized carbons (Fsp3) is 0.600. The maximum absolute atomic E-state index is 12.3. The van der Waals surface area contributed by atoms with E-state index in [9.17, 15) is 9.59 Å². The van der Waals surface area contributed by atoms with E-state index in [4.69, 9.17) is 0 Å². The van der Waals surface area contributed by atoms with Crippen molar-refractivity contribution < 1.29 is 9.59 Å².